The average Bonchev–Trinajstić information content (AvgIpc) is 2.80. The Morgan fingerprint density at radius 3 is 2.63 bits per heavy atom. The Morgan fingerprint density at radius 1 is 1.47 bits per heavy atom. The lowest BCUT2D eigenvalue weighted by molar-refractivity contribution is 0.392. The van der Waals surface area contributed by atoms with Crippen molar-refractivity contribution in [2.45, 2.75) is 53.6 Å². The van der Waals surface area contributed by atoms with Crippen molar-refractivity contribution in [3.05, 3.63) is 17.0 Å². The van der Waals surface area contributed by atoms with Crippen LogP contribution in [0.5, 0.6) is 0 Å². The van der Waals surface area contributed by atoms with Gasteiger partial charge in [0.05, 0.1) is 12.2 Å². The molecule has 0 saturated heterocycles. The summed E-state index contributed by atoms with van der Waals surface area (Å²) in [6.45, 7) is 11.9. The molecule has 2 rings (SSSR count). The van der Waals surface area contributed by atoms with Crippen LogP contribution in [0.3, 0.4) is 0 Å². The number of aromatic nitrogens is 1. The van der Waals surface area contributed by atoms with Crippen molar-refractivity contribution in [2.24, 2.45) is 10.4 Å². The molecule has 1 atom stereocenters. The highest BCUT2D eigenvalue weighted by Gasteiger charge is 2.46. The molecule has 1 aromatic rings. The lowest BCUT2D eigenvalue weighted by Gasteiger charge is -2.12. The molecule has 1 aromatic heterocycles. The molecular formula is C14H24N4O. The molecule has 2 N–H and O–H groups in total. The van der Waals surface area contributed by atoms with Gasteiger partial charge in [0, 0.05) is 18.2 Å². The van der Waals surface area contributed by atoms with Crippen LogP contribution < -0.4 is 10.6 Å². The molecule has 1 aliphatic carbocycles. The van der Waals surface area contributed by atoms with Gasteiger partial charge in [0.15, 0.2) is 5.96 Å². The second kappa shape index (κ2) is 5.23. The Labute approximate surface area is 114 Å². The highest BCUT2D eigenvalue weighted by Crippen LogP contribution is 2.44. The summed E-state index contributed by atoms with van der Waals surface area (Å²) in [7, 11) is 0. The monoisotopic (exact) mass is 264 g/mol. The number of aliphatic imine (C=N–C) groups is 1. The normalized spacial score (nSPS) is 21.3. The Hall–Kier alpha value is -1.52. The molecule has 5 heteroatoms. The average molecular weight is 264 g/mol. The molecule has 19 heavy (non-hydrogen) atoms. The third kappa shape index (κ3) is 3.28. The second-order valence-corrected chi connectivity index (χ2v) is 5.89. The fourth-order valence-corrected chi connectivity index (χ4v) is 2.08. The van der Waals surface area contributed by atoms with Gasteiger partial charge in [-0.05, 0) is 32.6 Å². The first kappa shape index (κ1) is 13.9. The van der Waals surface area contributed by atoms with Gasteiger partial charge >= 0.3 is 0 Å². The molecule has 0 amide bonds. The van der Waals surface area contributed by atoms with Gasteiger partial charge in [0.2, 0.25) is 0 Å². The van der Waals surface area contributed by atoms with Gasteiger partial charge in [-0.25, -0.2) is 4.99 Å². The lowest BCUT2D eigenvalue weighted by atomic mass is 10.2. The van der Waals surface area contributed by atoms with Crippen molar-refractivity contribution >= 4 is 5.96 Å². The van der Waals surface area contributed by atoms with Crippen LogP contribution in [-0.2, 0) is 6.54 Å². The molecule has 1 aliphatic rings. The quantitative estimate of drug-likeness (QED) is 0.646. The number of nitrogens with zero attached hydrogens (tertiary/aromatic N) is 2. The third-order valence-electron chi connectivity index (χ3n) is 3.75. The van der Waals surface area contributed by atoms with Crippen molar-refractivity contribution in [1.82, 2.24) is 15.8 Å². The number of rotatable bonds is 4. The van der Waals surface area contributed by atoms with Gasteiger partial charge in [-0.3, -0.25) is 0 Å². The van der Waals surface area contributed by atoms with Gasteiger partial charge in [0.25, 0.3) is 0 Å². The predicted molar refractivity (Wildman–Crippen MR) is 76.1 cm³/mol. The summed E-state index contributed by atoms with van der Waals surface area (Å²) in [5, 5.41) is 10.7. The highest BCUT2D eigenvalue weighted by molar-refractivity contribution is 5.80. The fourth-order valence-electron chi connectivity index (χ4n) is 2.08. The van der Waals surface area contributed by atoms with Crippen LogP contribution in [-0.4, -0.2) is 23.7 Å². The van der Waals surface area contributed by atoms with E-state index in [1.165, 1.54) is 6.42 Å². The number of hydrogen-bond donors (Lipinski definition) is 2. The van der Waals surface area contributed by atoms with Crippen LogP contribution >= 0.6 is 0 Å². The summed E-state index contributed by atoms with van der Waals surface area (Å²) < 4.78 is 5.15. The van der Waals surface area contributed by atoms with Gasteiger partial charge < -0.3 is 15.2 Å². The fraction of sp³-hybridized carbons (Fsp3) is 0.714. The summed E-state index contributed by atoms with van der Waals surface area (Å²) >= 11 is 0. The van der Waals surface area contributed by atoms with Crippen molar-refractivity contribution in [1.29, 1.82) is 0 Å². The minimum absolute atomic E-state index is 0.388. The molecule has 0 spiro atoms. The lowest BCUT2D eigenvalue weighted by Crippen LogP contribution is -2.39. The second-order valence-electron chi connectivity index (χ2n) is 5.89. The maximum Gasteiger partial charge on any atom is 0.191 e. The molecule has 1 saturated carbocycles. The van der Waals surface area contributed by atoms with E-state index in [0.29, 0.717) is 18.0 Å². The van der Waals surface area contributed by atoms with Crippen molar-refractivity contribution in [3.8, 4) is 0 Å². The molecule has 0 aromatic carbocycles. The van der Waals surface area contributed by atoms with Crippen molar-refractivity contribution in [3.63, 3.8) is 0 Å². The Balaban J connectivity index is 2.00. The molecule has 0 aliphatic heterocycles. The van der Waals surface area contributed by atoms with E-state index < -0.39 is 0 Å². The zero-order chi connectivity index (χ0) is 14.0. The SMILES string of the molecule is CCNC(=NCc1c(C)noc1C)NC1CC1(C)C. The van der Waals surface area contributed by atoms with Crippen LogP contribution in [0.1, 0.15) is 44.2 Å². The topological polar surface area (TPSA) is 62.5 Å². The molecular weight excluding hydrogens is 240 g/mol. The Kier molecular flexibility index (Phi) is 3.83. The molecule has 5 nitrogen and oxygen atoms in total. The minimum Gasteiger partial charge on any atom is -0.361 e. The van der Waals surface area contributed by atoms with E-state index in [-0.39, 0.29) is 0 Å². The third-order valence-corrected chi connectivity index (χ3v) is 3.75. The van der Waals surface area contributed by atoms with E-state index >= 15 is 0 Å². The zero-order valence-corrected chi connectivity index (χ0v) is 12.5. The maximum atomic E-state index is 5.15. The molecule has 1 fully saturated rings. The van der Waals surface area contributed by atoms with Gasteiger partial charge in [-0.1, -0.05) is 19.0 Å². The van der Waals surface area contributed by atoms with Crippen LogP contribution in [0.15, 0.2) is 9.52 Å². The highest BCUT2D eigenvalue weighted by atomic mass is 16.5. The van der Waals surface area contributed by atoms with E-state index in [4.69, 9.17) is 4.52 Å². The van der Waals surface area contributed by atoms with Crippen molar-refractivity contribution in [2.75, 3.05) is 6.54 Å². The predicted octanol–water partition coefficient (Wildman–Crippen LogP) is 2.15. The van der Waals surface area contributed by atoms with Crippen molar-refractivity contribution < 1.29 is 4.52 Å². The van der Waals surface area contributed by atoms with E-state index in [1.54, 1.807) is 0 Å². The number of aryl methyl sites for hydroxylation is 2. The summed E-state index contributed by atoms with van der Waals surface area (Å²) in [5.41, 5.74) is 2.38. The first-order chi connectivity index (χ1) is 8.94. The van der Waals surface area contributed by atoms with Crippen LogP contribution in [0, 0.1) is 19.3 Å². The smallest absolute Gasteiger partial charge is 0.191 e. The van der Waals surface area contributed by atoms with Crippen LogP contribution in [0.2, 0.25) is 0 Å². The number of nitrogens with one attached hydrogen (secondary N) is 2. The minimum atomic E-state index is 0.388. The molecule has 106 valence electrons. The van der Waals surface area contributed by atoms with Crippen LogP contribution in [0.4, 0.5) is 0 Å². The summed E-state index contributed by atoms with van der Waals surface area (Å²) in [6.07, 6.45) is 1.20. The maximum absolute atomic E-state index is 5.15. The molecule has 0 radical (unpaired) electrons. The molecule has 1 unspecified atom stereocenters. The molecule has 1 heterocycles. The summed E-state index contributed by atoms with van der Waals surface area (Å²) in [5.74, 6) is 1.72. The first-order valence-corrected chi connectivity index (χ1v) is 6.90. The van der Waals surface area contributed by atoms with Crippen LogP contribution in [0.25, 0.3) is 0 Å². The summed E-state index contributed by atoms with van der Waals surface area (Å²) in [4.78, 5) is 4.62. The van der Waals surface area contributed by atoms with E-state index in [2.05, 4.69) is 41.6 Å². The van der Waals surface area contributed by atoms with Gasteiger partial charge in [-0.2, -0.15) is 0 Å². The number of guanidine groups is 1. The standard InChI is InChI=1S/C14H24N4O/c1-6-15-13(17-12-7-14(12,4)5)16-8-11-9(2)18-19-10(11)3/h12H,6-8H2,1-5H3,(H2,15,16,17). The van der Waals surface area contributed by atoms with E-state index in [0.717, 1.165) is 29.5 Å². The largest absolute Gasteiger partial charge is 0.361 e. The Bertz CT molecular complexity index is 456. The van der Waals surface area contributed by atoms with Gasteiger partial charge in [-0.15, -0.1) is 0 Å². The van der Waals surface area contributed by atoms with E-state index in [1.807, 2.05) is 13.8 Å². The molecule has 0 bridgehead atoms. The zero-order valence-electron chi connectivity index (χ0n) is 12.5. The first-order valence-electron chi connectivity index (χ1n) is 6.90. The number of hydrogen-bond acceptors (Lipinski definition) is 3. The van der Waals surface area contributed by atoms with Gasteiger partial charge in [0.1, 0.15) is 5.76 Å². The Morgan fingerprint density at radius 2 is 2.16 bits per heavy atom. The van der Waals surface area contributed by atoms with E-state index in [9.17, 15) is 0 Å². The summed E-state index contributed by atoms with van der Waals surface area (Å²) in [6, 6.07) is 0.523.